The molecule has 3 saturated carbocycles. The molecule has 4 aliphatic rings. The number of aliphatic hydroxyl groups excluding tert-OH is 1. The summed E-state index contributed by atoms with van der Waals surface area (Å²) in [7, 11) is 0. The van der Waals surface area contributed by atoms with Crippen molar-refractivity contribution in [2.75, 3.05) is 0 Å². The lowest BCUT2D eigenvalue weighted by atomic mass is 9.40. The minimum absolute atomic E-state index is 0.123. The third kappa shape index (κ3) is 3.45. The molecular weight excluding hydrogens is 394 g/mol. The fraction of sp³-hybridized carbons (Fsp3) is 0.926. The minimum Gasteiger partial charge on any atom is -0.393 e. The molecule has 0 bridgehead atoms. The van der Waals surface area contributed by atoms with Crippen molar-refractivity contribution in [2.24, 2.45) is 34.0 Å². The molecule has 3 fully saturated rings. The molecule has 0 spiro atoms. The number of alkyl halides is 2. The Balaban J connectivity index is 1.60. The predicted octanol–water partition coefficient (Wildman–Crippen LogP) is 6.89. The lowest BCUT2D eigenvalue weighted by Crippen LogP contribution is -2.57. The molecule has 2 N–H and O–H groups in total. The Morgan fingerprint density at radius 3 is 2.42 bits per heavy atom. The lowest BCUT2D eigenvalue weighted by Gasteiger charge is -2.64. The molecule has 0 aromatic carbocycles. The van der Waals surface area contributed by atoms with Crippen LogP contribution in [0, 0.1) is 34.0 Å². The van der Waals surface area contributed by atoms with Crippen molar-refractivity contribution in [1.82, 2.24) is 0 Å². The number of hydrogen-bond acceptors (Lipinski definition) is 2. The first kappa shape index (κ1) is 23.7. The van der Waals surface area contributed by atoms with E-state index in [-0.39, 0.29) is 28.8 Å². The van der Waals surface area contributed by atoms with Crippen LogP contribution in [0.25, 0.3) is 0 Å². The van der Waals surface area contributed by atoms with Gasteiger partial charge in [0.2, 0.25) is 0 Å². The highest BCUT2D eigenvalue weighted by atomic mass is 19.3. The summed E-state index contributed by atoms with van der Waals surface area (Å²) in [5, 5.41) is 20.2. The van der Waals surface area contributed by atoms with Gasteiger partial charge in [0.25, 0.3) is 5.92 Å². The van der Waals surface area contributed by atoms with Crippen LogP contribution >= 0.6 is 0 Å². The second-order valence-electron chi connectivity index (χ2n) is 12.6. The summed E-state index contributed by atoms with van der Waals surface area (Å²) in [6, 6.07) is 0. The van der Waals surface area contributed by atoms with Gasteiger partial charge in [0, 0.05) is 6.42 Å². The Hall–Kier alpha value is -0.480. The Labute approximate surface area is 187 Å². The number of halogens is 2. The highest BCUT2D eigenvalue weighted by Crippen LogP contribution is 2.72. The normalized spacial score (nSPS) is 45.5. The molecule has 0 saturated heterocycles. The molecule has 5 unspecified atom stereocenters. The molecule has 0 aliphatic heterocycles. The van der Waals surface area contributed by atoms with Crippen LogP contribution in [-0.2, 0) is 0 Å². The van der Waals surface area contributed by atoms with E-state index in [1.54, 1.807) is 0 Å². The second kappa shape index (κ2) is 7.52. The second-order valence-corrected chi connectivity index (χ2v) is 12.6. The first-order valence-corrected chi connectivity index (χ1v) is 12.8. The molecule has 31 heavy (non-hydrogen) atoms. The zero-order valence-corrected chi connectivity index (χ0v) is 20.3. The van der Waals surface area contributed by atoms with Gasteiger partial charge in [-0.15, -0.1) is 0 Å². The molecule has 0 amide bonds. The largest absolute Gasteiger partial charge is 0.393 e. The van der Waals surface area contributed by atoms with Crippen molar-refractivity contribution in [3.05, 3.63) is 11.6 Å². The molecule has 0 radical (unpaired) electrons. The van der Waals surface area contributed by atoms with Crippen LogP contribution in [0.3, 0.4) is 0 Å². The number of fused-ring (bicyclic) bond motifs is 5. The molecular formula is C27H44F2O2. The number of aliphatic hydroxyl groups is 2. The first-order chi connectivity index (χ1) is 14.3. The van der Waals surface area contributed by atoms with E-state index < -0.39 is 11.5 Å². The Morgan fingerprint density at radius 2 is 1.77 bits per heavy atom. The van der Waals surface area contributed by atoms with Gasteiger partial charge in [-0.2, -0.15) is 0 Å². The quantitative estimate of drug-likeness (QED) is 0.459. The SMILES string of the molecule is CCC12CC=C3C[C@@H](O)CCC3(C)C1CC[C@]1(C)C(CCC(F)(F)C(C)(C)O)CCC21. The summed E-state index contributed by atoms with van der Waals surface area (Å²) in [4.78, 5) is 0. The van der Waals surface area contributed by atoms with E-state index >= 15 is 0 Å². The molecule has 178 valence electrons. The highest BCUT2D eigenvalue weighted by molar-refractivity contribution is 5.28. The van der Waals surface area contributed by atoms with E-state index in [0.29, 0.717) is 24.2 Å². The first-order valence-electron chi connectivity index (χ1n) is 12.8. The Kier molecular flexibility index (Phi) is 5.74. The van der Waals surface area contributed by atoms with Crippen LogP contribution in [0.1, 0.15) is 105 Å². The molecule has 4 rings (SSSR count). The molecule has 2 nitrogen and oxygen atoms in total. The summed E-state index contributed by atoms with van der Waals surface area (Å²) >= 11 is 0. The minimum atomic E-state index is -3.04. The van der Waals surface area contributed by atoms with E-state index in [9.17, 15) is 19.0 Å². The molecule has 0 aromatic rings. The third-order valence-electron chi connectivity index (χ3n) is 10.9. The maximum Gasteiger partial charge on any atom is 0.275 e. The van der Waals surface area contributed by atoms with E-state index in [4.69, 9.17) is 0 Å². The van der Waals surface area contributed by atoms with Gasteiger partial charge in [-0.05, 0) is 112 Å². The van der Waals surface area contributed by atoms with E-state index in [1.165, 1.54) is 25.8 Å². The number of rotatable bonds is 5. The fourth-order valence-electron chi connectivity index (χ4n) is 8.87. The van der Waals surface area contributed by atoms with Crippen molar-refractivity contribution in [2.45, 2.75) is 123 Å². The van der Waals surface area contributed by atoms with Crippen LogP contribution in [0.2, 0.25) is 0 Å². The standard InChI is InChI=1S/C27H44F2O2/c1-6-26-15-9-19-17-20(30)11-13-25(19,5)22(26)12-14-24(4)18(7-8-21(24)26)10-16-27(28,29)23(2,3)31/h9,18,20-22,30-31H,6-8,10-17H2,1-5H3/t18?,20-,21?,22?,24+,25?,26?/m0/s1. The fourth-order valence-corrected chi connectivity index (χ4v) is 8.87. The maximum atomic E-state index is 14.5. The van der Waals surface area contributed by atoms with Crippen LogP contribution in [-0.4, -0.2) is 27.8 Å². The van der Waals surface area contributed by atoms with Crippen molar-refractivity contribution >= 4 is 0 Å². The van der Waals surface area contributed by atoms with Crippen molar-refractivity contribution in [1.29, 1.82) is 0 Å². The van der Waals surface area contributed by atoms with Crippen molar-refractivity contribution in [3.8, 4) is 0 Å². The molecule has 7 atom stereocenters. The van der Waals surface area contributed by atoms with Crippen LogP contribution < -0.4 is 0 Å². The summed E-state index contributed by atoms with van der Waals surface area (Å²) < 4.78 is 29.1. The summed E-state index contributed by atoms with van der Waals surface area (Å²) in [5.41, 5.74) is 0.113. The zero-order chi connectivity index (χ0) is 22.9. The van der Waals surface area contributed by atoms with E-state index in [0.717, 1.165) is 51.4 Å². The number of hydrogen-bond donors (Lipinski definition) is 2. The molecule has 0 heterocycles. The van der Waals surface area contributed by atoms with Gasteiger partial charge in [-0.25, -0.2) is 8.78 Å². The van der Waals surface area contributed by atoms with Crippen molar-refractivity contribution < 1.29 is 19.0 Å². The molecule has 4 aliphatic carbocycles. The molecule has 4 heteroatoms. The summed E-state index contributed by atoms with van der Waals surface area (Å²) in [6.45, 7) is 9.68. The number of allylic oxidation sites excluding steroid dienone is 1. The Bertz CT molecular complexity index is 725. The average molecular weight is 439 g/mol. The highest BCUT2D eigenvalue weighted by Gasteiger charge is 2.64. The van der Waals surface area contributed by atoms with Gasteiger partial charge in [-0.1, -0.05) is 32.4 Å². The average Bonchev–Trinajstić information content (AvgIpc) is 3.03. The van der Waals surface area contributed by atoms with Gasteiger partial charge in [0.1, 0.15) is 5.60 Å². The van der Waals surface area contributed by atoms with Gasteiger partial charge in [0.05, 0.1) is 6.10 Å². The van der Waals surface area contributed by atoms with Crippen LogP contribution in [0.5, 0.6) is 0 Å². The van der Waals surface area contributed by atoms with Gasteiger partial charge >= 0.3 is 0 Å². The topological polar surface area (TPSA) is 40.5 Å². The lowest BCUT2D eigenvalue weighted by molar-refractivity contribution is -0.170. The van der Waals surface area contributed by atoms with Crippen LogP contribution in [0.4, 0.5) is 8.78 Å². The summed E-state index contributed by atoms with van der Waals surface area (Å²) in [5.74, 6) is -1.49. The van der Waals surface area contributed by atoms with Gasteiger partial charge in [0.15, 0.2) is 0 Å². The zero-order valence-electron chi connectivity index (χ0n) is 20.3. The summed E-state index contributed by atoms with van der Waals surface area (Å²) in [6.07, 6.45) is 12.2. The monoisotopic (exact) mass is 438 g/mol. The predicted molar refractivity (Wildman–Crippen MR) is 121 cm³/mol. The Morgan fingerprint density at radius 1 is 1.06 bits per heavy atom. The molecule has 0 aromatic heterocycles. The van der Waals surface area contributed by atoms with E-state index in [1.807, 2.05) is 0 Å². The van der Waals surface area contributed by atoms with E-state index in [2.05, 4.69) is 26.8 Å². The van der Waals surface area contributed by atoms with Crippen LogP contribution in [0.15, 0.2) is 11.6 Å². The third-order valence-corrected chi connectivity index (χ3v) is 10.9. The van der Waals surface area contributed by atoms with Gasteiger partial charge < -0.3 is 10.2 Å². The maximum absolute atomic E-state index is 14.5. The smallest absolute Gasteiger partial charge is 0.275 e. The van der Waals surface area contributed by atoms with Crippen molar-refractivity contribution in [3.63, 3.8) is 0 Å². The van der Waals surface area contributed by atoms with Gasteiger partial charge in [-0.3, -0.25) is 0 Å².